The summed E-state index contributed by atoms with van der Waals surface area (Å²) >= 11 is 0. The van der Waals surface area contributed by atoms with E-state index in [1.807, 2.05) is 0 Å². The van der Waals surface area contributed by atoms with Crippen LogP contribution in [0.15, 0.2) is 0 Å². The van der Waals surface area contributed by atoms with Gasteiger partial charge in [-0.05, 0) is 76.9 Å². The summed E-state index contributed by atoms with van der Waals surface area (Å²) in [5, 5.41) is 0. The zero-order chi connectivity index (χ0) is 15.3. The van der Waals surface area contributed by atoms with Gasteiger partial charge in [0.05, 0.1) is 0 Å². The number of hydrogen-bond donors (Lipinski definition) is 0. The summed E-state index contributed by atoms with van der Waals surface area (Å²) < 4.78 is 0. The quantitative estimate of drug-likeness (QED) is 0.743. The molecular formula is C21H36N2. The van der Waals surface area contributed by atoms with E-state index in [-0.39, 0.29) is 0 Å². The molecule has 2 heteroatoms. The third kappa shape index (κ3) is 2.13. The molecule has 5 aliphatic rings. The molecule has 0 amide bonds. The van der Waals surface area contributed by atoms with E-state index in [1.54, 1.807) is 12.8 Å². The first-order valence-corrected chi connectivity index (χ1v) is 10.9. The Bertz CT molecular complexity index is 399. The minimum absolute atomic E-state index is 0.712. The molecule has 0 radical (unpaired) electrons. The molecular weight excluding hydrogens is 280 g/mol. The third-order valence-electron chi connectivity index (χ3n) is 8.52. The van der Waals surface area contributed by atoms with E-state index in [4.69, 9.17) is 0 Å². The van der Waals surface area contributed by atoms with Crippen LogP contribution in [0.2, 0.25) is 0 Å². The second-order valence-electron chi connectivity index (χ2n) is 9.29. The van der Waals surface area contributed by atoms with Crippen LogP contribution in [-0.2, 0) is 0 Å². The largest absolute Gasteiger partial charge is 0.300 e. The Labute approximate surface area is 143 Å². The lowest BCUT2D eigenvalue weighted by molar-refractivity contribution is -0.241. The van der Waals surface area contributed by atoms with E-state index in [0.717, 1.165) is 24.0 Å². The molecule has 0 spiro atoms. The number of likely N-dealkylation sites (tertiary alicyclic amines) is 1. The second-order valence-corrected chi connectivity index (χ2v) is 9.29. The first-order valence-electron chi connectivity index (χ1n) is 10.9. The molecule has 3 saturated heterocycles. The SMILES string of the molecule is C1CCC(C23C(N4CCCC4)CCCC2N2CCCCC23)CC1. The van der Waals surface area contributed by atoms with Gasteiger partial charge in [0.15, 0.2) is 0 Å². The van der Waals surface area contributed by atoms with Crippen LogP contribution in [0.5, 0.6) is 0 Å². The van der Waals surface area contributed by atoms with Crippen molar-refractivity contribution in [2.75, 3.05) is 19.6 Å². The van der Waals surface area contributed by atoms with Crippen LogP contribution in [0.25, 0.3) is 0 Å². The summed E-state index contributed by atoms with van der Waals surface area (Å²) in [7, 11) is 0. The predicted molar refractivity (Wildman–Crippen MR) is 95.6 cm³/mol. The van der Waals surface area contributed by atoms with Gasteiger partial charge in [0, 0.05) is 23.5 Å². The van der Waals surface area contributed by atoms with Gasteiger partial charge in [-0.15, -0.1) is 0 Å². The van der Waals surface area contributed by atoms with Crippen molar-refractivity contribution in [3.05, 3.63) is 0 Å². The van der Waals surface area contributed by atoms with E-state index in [0.29, 0.717) is 5.41 Å². The fraction of sp³-hybridized carbons (Fsp3) is 1.00. The van der Waals surface area contributed by atoms with Crippen LogP contribution in [0.3, 0.4) is 0 Å². The molecule has 0 N–H and O–H groups in total. The normalized spacial score (nSPS) is 46.2. The van der Waals surface area contributed by atoms with Crippen molar-refractivity contribution in [2.24, 2.45) is 11.3 Å². The first kappa shape index (κ1) is 15.2. The monoisotopic (exact) mass is 316 g/mol. The van der Waals surface area contributed by atoms with Crippen LogP contribution in [-0.4, -0.2) is 47.6 Å². The lowest BCUT2D eigenvalue weighted by atomic mass is 9.46. The number of rotatable bonds is 2. The van der Waals surface area contributed by atoms with Gasteiger partial charge in [0.2, 0.25) is 0 Å². The predicted octanol–water partition coefficient (Wildman–Crippen LogP) is 4.44. The lowest BCUT2D eigenvalue weighted by Gasteiger charge is -2.74. The van der Waals surface area contributed by atoms with Crippen molar-refractivity contribution < 1.29 is 0 Å². The van der Waals surface area contributed by atoms with Crippen molar-refractivity contribution in [1.29, 1.82) is 0 Å². The highest BCUT2D eigenvalue weighted by atomic mass is 15.3. The number of fused-ring (bicyclic) bond motifs is 4. The Morgan fingerprint density at radius 1 is 0.522 bits per heavy atom. The van der Waals surface area contributed by atoms with E-state index in [9.17, 15) is 0 Å². The van der Waals surface area contributed by atoms with E-state index < -0.39 is 0 Å². The van der Waals surface area contributed by atoms with E-state index in [2.05, 4.69) is 9.80 Å². The minimum Gasteiger partial charge on any atom is -0.300 e. The minimum atomic E-state index is 0.712. The Balaban J connectivity index is 1.51. The molecule has 4 unspecified atom stereocenters. The fourth-order valence-electron chi connectivity index (χ4n) is 7.88. The summed E-state index contributed by atoms with van der Waals surface area (Å²) in [6, 6.07) is 2.89. The number of piperidine rings is 1. The third-order valence-corrected chi connectivity index (χ3v) is 8.52. The fourth-order valence-corrected chi connectivity index (χ4v) is 7.88. The van der Waals surface area contributed by atoms with Crippen molar-refractivity contribution >= 4 is 0 Å². The molecule has 5 fully saturated rings. The molecule has 2 nitrogen and oxygen atoms in total. The standard InChI is InChI=1S/C21H36N2/c1-2-9-17(10-3-1)21-18(22-14-6-7-15-22)12-8-13-20(21)23-16-5-4-11-19(21)23/h17-20H,1-16H2. The second kappa shape index (κ2) is 6.02. The Morgan fingerprint density at radius 2 is 1.13 bits per heavy atom. The topological polar surface area (TPSA) is 6.48 Å². The van der Waals surface area contributed by atoms with Gasteiger partial charge in [-0.25, -0.2) is 0 Å². The highest BCUT2D eigenvalue weighted by molar-refractivity contribution is 5.21. The molecule has 0 aromatic carbocycles. The maximum Gasteiger partial charge on any atom is 0.0198 e. The van der Waals surface area contributed by atoms with Gasteiger partial charge < -0.3 is 0 Å². The summed E-state index contributed by atoms with van der Waals surface area (Å²) in [5.41, 5.74) is 0.712. The molecule has 0 aromatic heterocycles. The average Bonchev–Trinajstić information content (AvgIpc) is 3.14. The van der Waals surface area contributed by atoms with E-state index in [1.165, 1.54) is 90.3 Å². The van der Waals surface area contributed by atoms with E-state index >= 15 is 0 Å². The number of hydrogen-bond acceptors (Lipinski definition) is 2. The molecule has 2 aliphatic carbocycles. The maximum absolute atomic E-state index is 3.00. The molecule has 130 valence electrons. The molecule has 4 atom stereocenters. The van der Waals surface area contributed by atoms with Crippen LogP contribution < -0.4 is 0 Å². The maximum atomic E-state index is 3.00. The van der Waals surface area contributed by atoms with Crippen molar-refractivity contribution in [2.45, 2.75) is 102 Å². The molecule has 2 saturated carbocycles. The van der Waals surface area contributed by atoms with Crippen molar-refractivity contribution in [1.82, 2.24) is 9.80 Å². The molecule has 5 rings (SSSR count). The molecule has 23 heavy (non-hydrogen) atoms. The molecule has 0 bridgehead atoms. The summed E-state index contributed by atoms with van der Waals surface area (Å²) in [6.45, 7) is 4.26. The smallest absolute Gasteiger partial charge is 0.0198 e. The first-order chi connectivity index (χ1) is 11.4. The Kier molecular flexibility index (Phi) is 3.98. The van der Waals surface area contributed by atoms with Gasteiger partial charge in [-0.2, -0.15) is 0 Å². The van der Waals surface area contributed by atoms with Crippen molar-refractivity contribution in [3.8, 4) is 0 Å². The van der Waals surface area contributed by atoms with Crippen LogP contribution in [0, 0.1) is 11.3 Å². The van der Waals surface area contributed by atoms with Gasteiger partial charge >= 0.3 is 0 Å². The Morgan fingerprint density at radius 3 is 1.91 bits per heavy atom. The van der Waals surface area contributed by atoms with Gasteiger partial charge in [0.1, 0.15) is 0 Å². The van der Waals surface area contributed by atoms with Gasteiger partial charge in [0.25, 0.3) is 0 Å². The number of nitrogens with zero attached hydrogens (tertiary/aromatic N) is 2. The highest BCUT2D eigenvalue weighted by Crippen LogP contribution is 2.63. The van der Waals surface area contributed by atoms with Crippen LogP contribution in [0.1, 0.15) is 83.5 Å². The Hall–Kier alpha value is -0.0800. The van der Waals surface area contributed by atoms with Gasteiger partial charge in [-0.3, -0.25) is 9.80 Å². The van der Waals surface area contributed by atoms with Crippen LogP contribution in [0.4, 0.5) is 0 Å². The zero-order valence-electron chi connectivity index (χ0n) is 15.0. The van der Waals surface area contributed by atoms with Crippen LogP contribution >= 0.6 is 0 Å². The molecule has 3 heterocycles. The molecule has 3 aliphatic heterocycles. The van der Waals surface area contributed by atoms with Crippen molar-refractivity contribution in [3.63, 3.8) is 0 Å². The summed E-state index contributed by atoms with van der Waals surface area (Å²) in [4.78, 5) is 5.98. The highest BCUT2D eigenvalue weighted by Gasteiger charge is 2.68. The lowest BCUT2D eigenvalue weighted by Crippen LogP contribution is -2.81. The summed E-state index contributed by atoms with van der Waals surface area (Å²) in [6.07, 6.45) is 19.7. The molecule has 0 aromatic rings. The average molecular weight is 317 g/mol. The van der Waals surface area contributed by atoms with Gasteiger partial charge in [-0.1, -0.05) is 32.1 Å². The summed E-state index contributed by atoms with van der Waals surface area (Å²) in [5.74, 6) is 1.06. The zero-order valence-corrected chi connectivity index (χ0v) is 15.0.